The molecule has 2 N–H and O–H groups in total. The Labute approximate surface area is 114 Å². The van der Waals surface area contributed by atoms with E-state index in [0.717, 1.165) is 24.5 Å². The summed E-state index contributed by atoms with van der Waals surface area (Å²) in [7, 11) is 4.22. The van der Waals surface area contributed by atoms with Gasteiger partial charge in [0.05, 0.1) is 12.0 Å². The van der Waals surface area contributed by atoms with Gasteiger partial charge in [0.2, 0.25) is 0 Å². The smallest absolute Gasteiger partial charge is 0.0925 e. The number of nitrogens with one attached hydrogen (secondary N) is 2. The number of nitrogens with zero attached hydrogens (tertiary/aromatic N) is 2. The first-order valence-corrected chi connectivity index (χ1v) is 6.59. The third-order valence-electron chi connectivity index (χ3n) is 3.37. The fourth-order valence-electron chi connectivity index (χ4n) is 2.17. The summed E-state index contributed by atoms with van der Waals surface area (Å²) in [5.74, 6) is 0. The minimum absolute atomic E-state index is 0.375. The predicted octanol–water partition coefficient (Wildman–Crippen LogP) is 2.11. The summed E-state index contributed by atoms with van der Waals surface area (Å²) < 4.78 is 0. The summed E-state index contributed by atoms with van der Waals surface area (Å²) in [6, 6.07) is 10.9. The van der Waals surface area contributed by atoms with Crippen LogP contribution in [0.25, 0.3) is 0 Å². The highest BCUT2D eigenvalue weighted by Crippen LogP contribution is 2.16. The van der Waals surface area contributed by atoms with Gasteiger partial charge in [0.1, 0.15) is 0 Å². The molecule has 1 heterocycles. The second-order valence-corrected chi connectivity index (χ2v) is 5.00. The molecule has 2 aromatic rings. The number of H-pyrrole nitrogens is 1. The zero-order chi connectivity index (χ0) is 13.7. The molecule has 1 aromatic heterocycles. The van der Waals surface area contributed by atoms with Crippen LogP contribution in [0, 0.1) is 6.92 Å². The normalized spacial score (nSPS) is 12.8. The maximum Gasteiger partial charge on any atom is 0.0925 e. The molecule has 102 valence electrons. The first kappa shape index (κ1) is 13.8. The summed E-state index contributed by atoms with van der Waals surface area (Å²) in [5, 5.41) is 3.48. The lowest BCUT2D eigenvalue weighted by molar-refractivity contribution is 0.288. The molecule has 1 atom stereocenters. The van der Waals surface area contributed by atoms with Crippen molar-refractivity contribution < 1.29 is 0 Å². The van der Waals surface area contributed by atoms with E-state index in [9.17, 15) is 0 Å². The van der Waals surface area contributed by atoms with Crippen LogP contribution in [0.15, 0.2) is 36.7 Å². The lowest BCUT2D eigenvalue weighted by Gasteiger charge is -2.25. The maximum absolute atomic E-state index is 4.30. The van der Waals surface area contributed by atoms with Crippen LogP contribution in [0.2, 0.25) is 0 Å². The molecule has 0 spiro atoms. The van der Waals surface area contributed by atoms with Crippen LogP contribution < -0.4 is 5.32 Å². The van der Waals surface area contributed by atoms with Gasteiger partial charge in [0.15, 0.2) is 0 Å². The van der Waals surface area contributed by atoms with E-state index in [-0.39, 0.29) is 0 Å². The van der Waals surface area contributed by atoms with E-state index in [1.807, 2.05) is 6.92 Å². The van der Waals surface area contributed by atoms with Crippen LogP contribution in [0.3, 0.4) is 0 Å². The minimum atomic E-state index is 0.375. The molecule has 0 saturated carbocycles. The molecule has 2 rings (SSSR count). The number of aromatic nitrogens is 2. The van der Waals surface area contributed by atoms with Crippen molar-refractivity contribution >= 4 is 0 Å². The lowest BCUT2D eigenvalue weighted by Crippen LogP contribution is -2.31. The SMILES string of the molecule is Cc1[nH]cnc1CNCC(c1ccccc1)N(C)C. The lowest BCUT2D eigenvalue weighted by atomic mass is 10.1. The van der Waals surface area contributed by atoms with Gasteiger partial charge in [0, 0.05) is 24.8 Å². The molecule has 0 fully saturated rings. The molecule has 0 amide bonds. The van der Waals surface area contributed by atoms with Crippen molar-refractivity contribution in [3.05, 3.63) is 53.6 Å². The average Bonchev–Trinajstić information content (AvgIpc) is 2.81. The minimum Gasteiger partial charge on any atom is -0.348 e. The Morgan fingerprint density at radius 1 is 1.26 bits per heavy atom. The van der Waals surface area contributed by atoms with Gasteiger partial charge in [-0.1, -0.05) is 30.3 Å². The number of benzene rings is 1. The number of likely N-dealkylation sites (N-methyl/N-ethyl adjacent to an activating group) is 1. The Hall–Kier alpha value is -1.65. The topological polar surface area (TPSA) is 44.0 Å². The van der Waals surface area contributed by atoms with Crippen LogP contribution in [-0.4, -0.2) is 35.5 Å². The van der Waals surface area contributed by atoms with Crippen LogP contribution in [0.5, 0.6) is 0 Å². The molecular weight excluding hydrogens is 236 g/mol. The fourth-order valence-corrected chi connectivity index (χ4v) is 2.17. The van der Waals surface area contributed by atoms with Gasteiger partial charge >= 0.3 is 0 Å². The van der Waals surface area contributed by atoms with E-state index >= 15 is 0 Å². The average molecular weight is 258 g/mol. The third kappa shape index (κ3) is 3.66. The van der Waals surface area contributed by atoms with Crippen LogP contribution >= 0.6 is 0 Å². The van der Waals surface area contributed by atoms with E-state index in [0.29, 0.717) is 6.04 Å². The van der Waals surface area contributed by atoms with Crippen LogP contribution in [0.1, 0.15) is 23.0 Å². The fraction of sp³-hybridized carbons (Fsp3) is 0.400. The zero-order valence-corrected chi connectivity index (χ0v) is 11.9. The Bertz CT molecular complexity index is 490. The van der Waals surface area contributed by atoms with Gasteiger partial charge in [-0.2, -0.15) is 0 Å². The molecule has 1 unspecified atom stereocenters. The van der Waals surface area contributed by atoms with E-state index in [2.05, 4.69) is 64.6 Å². The van der Waals surface area contributed by atoms with Crippen molar-refractivity contribution in [3.8, 4) is 0 Å². The number of rotatable bonds is 6. The Kier molecular flexibility index (Phi) is 4.71. The molecule has 0 radical (unpaired) electrons. The highest BCUT2D eigenvalue weighted by molar-refractivity contribution is 5.19. The molecule has 4 heteroatoms. The number of aryl methyl sites for hydroxylation is 1. The van der Waals surface area contributed by atoms with Gasteiger partial charge in [-0.15, -0.1) is 0 Å². The summed E-state index contributed by atoms with van der Waals surface area (Å²) >= 11 is 0. The zero-order valence-electron chi connectivity index (χ0n) is 11.9. The molecule has 1 aromatic carbocycles. The summed E-state index contributed by atoms with van der Waals surface area (Å²) in [4.78, 5) is 9.63. The van der Waals surface area contributed by atoms with Crippen molar-refractivity contribution in [1.82, 2.24) is 20.2 Å². The van der Waals surface area contributed by atoms with E-state index in [1.54, 1.807) is 6.33 Å². The number of imidazole rings is 1. The van der Waals surface area contributed by atoms with Crippen LogP contribution in [-0.2, 0) is 6.54 Å². The van der Waals surface area contributed by atoms with Gasteiger partial charge in [-0.05, 0) is 26.6 Å². The third-order valence-corrected chi connectivity index (χ3v) is 3.37. The summed E-state index contributed by atoms with van der Waals surface area (Å²) in [5.41, 5.74) is 3.55. The quantitative estimate of drug-likeness (QED) is 0.834. The van der Waals surface area contributed by atoms with E-state index in [1.165, 1.54) is 5.56 Å². The van der Waals surface area contributed by atoms with Crippen molar-refractivity contribution in [2.45, 2.75) is 19.5 Å². The second kappa shape index (κ2) is 6.50. The van der Waals surface area contributed by atoms with Gasteiger partial charge in [-0.25, -0.2) is 4.98 Å². The largest absolute Gasteiger partial charge is 0.348 e. The molecule has 0 aliphatic rings. The second-order valence-electron chi connectivity index (χ2n) is 5.00. The number of aromatic amines is 1. The van der Waals surface area contributed by atoms with Gasteiger partial charge in [0.25, 0.3) is 0 Å². The van der Waals surface area contributed by atoms with Crippen molar-refractivity contribution in [2.75, 3.05) is 20.6 Å². The van der Waals surface area contributed by atoms with E-state index in [4.69, 9.17) is 0 Å². The van der Waals surface area contributed by atoms with Crippen molar-refractivity contribution in [3.63, 3.8) is 0 Å². The molecule has 0 saturated heterocycles. The first-order valence-electron chi connectivity index (χ1n) is 6.59. The molecule has 0 aliphatic carbocycles. The van der Waals surface area contributed by atoms with Gasteiger partial charge in [-0.3, -0.25) is 0 Å². The van der Waals surface area contributed by atoms with Crippen molar-refractivity contribution in [2.24, 2.45) is 0 Å². The first-order chi connectivity index (χ1) is 9.18. The maximum atomic E-state index is 4.30. The Morgan fingerprint density at radius 2 is 2.00 bits per heavy atom. The Morgan fingerprint density at radius 3 is 2.58 bits per heavy atom. The molecule has 19 heavy (non-hydrogen) atoms. The van der Waals surface area contributed by atoms with Crippen molar-refractivity contribution in [1.29, 1.82) is 0 Å². The highest BCUT2D eigenvalue weighted by atomic mass is 15.1. The summed E-state index contributed by atoms with van der Waals surface area (Å²) in [6.45, 7) is 3.75. The van der Waals surface area contributed by atoms with Crippen LogP contribution in [0.4, 0.5) is 0 Å². The molecule has 4 nitrogen and oxygen atoms in total. The monoisotopic (exact) mass is 258 g/mol. The standard InChI is InChI=1S/C15H22N4/c1-12-14(18-11-17-12)9-16-10-15(19(2)3)13-7-5-4-6-8-13/h4-8,11,15-16H,9-10H2,1-3H3,(H,17,18). The van der Waals surface area contributed by atoms with Gasteiger partial charge < -0.3 is 15.2 Å². The van der Waals surface area contributed by atoms with E-state index < -0.39 is 0 Å². The Balaban J connectivity index is 1.93. The molecule has 0 bridgehead atoms. The summed E-state index contributed by atoms with van der Waals surface area (Å²) in [6.07, 6.45) is 1.74. The molecule has 0 aliphatic heterocycles. The number of hydrogen-bond donors (Lipinski definition) is 2. The predicted molar refractivity (Wildman–Crippen MR) is 77.9 cm³/mol. The highest BCUT2D eigenvalue weighted by Gasteiger charge is 2.13. The number of hydrogen-bond acceptors (Lipinski definition) is 3. The molecular formula is C15H22N4.